The Morgan fingerprint density at radius 2 is 2.15 bits per heavy atom. The van der Waals surface area contributed by atoms with E-state index in [0.717, 1.165) is 29.9 Å². The first-order valence-electron chi connectivity index (χ1n) is 6.67. The lowest BCUT2D eigenvalue weighted by atomic mass is 10.3. The van der Waals surface area contributed by atoms with Gasteiger partial charge in [-0.1, -0.05) is 0 Å². The molecule has 0 atom stereocenters. The van der Waals surface area contributed by atoms with E-state index in [-0.39, 0.29) is 6.61 Å². The van der Waals surface area contributed by atoms with Crippen LogP contribution in [-0.4, -0.2) is 64.3 Å². The zero-order chi connectivity index (χ0) is 13.9. The van der Waals surface area contributed by atoms with Gasteiger partial charge in [-0.3, -0.25) is 4.68 Å². The van der Waals surface area contributed by atoms with Crippen molar-refractivity contribution in [1.82, 2.24) is 19.7 Å². The third-order valence-electron chi connectivity index (χ3n) is 3.28. The smallest absolute Gasteiger partial charge is 0.226 e. The molecule has 0 aliphatic carbocycles. The summed E-state index contributed by atoms with van der Waals surface area (Å²) in [6.45, 7) is 3.47. The van der Waals surface area contributed by atoms with Crippen LogP contribution in [-0.2, 0) is 11.8 Å². The maximum absolute atomic E-state index is 8.91. The van der Waals surface area contributed by atoms with Gasteiger partial charge in [-0.05, 0) is 0 Å². The molecule has 1 aliphatic heterocycles. The zero-order valence-electron chi connectivity index (χ0n) is 11.4. The summed E-state index contributed by atoms with van der Waals surface area (Å²) in [7, 11) is 1.86. The predicted molar refractivity (Wildman–Crippen MR) is 74.9 cm³/mol. The molecule has 1 fully saturated rings. The number of nitrogens with zero attached hydrogens (tertiary/aromatic N) is 5. The number of anilines is 2. The third kappa shape index (κ3) is 2.39. The van der Waals surface area contributed by atoms with Gasteiger partial charge in [0, 0.05) is 26.7 Å². The molecule has 2 N–H and O–H groups in total. The number of fused-ring (bicyclic) bond motifs is 1. The van der Waals surface area contributed by atoms with Gasteiger partial charge < -0.3 is 20.1 Å². The number of nitrogens with one attached hydrogen (secondary N) is 1. The number of aromatic nitrogens is 4. The summed E-state index contributed by atoms with van der Waals surface area (Å²) in [6.07, 6.45) is 1.79. The van der Waals surface area contributed by atoms with E-state index in [1.165, 1.54) is 0 Å². The van der Waals surface area contributed by atoms with Gasteiger partial charge in [0.05, 0.1) is 31.4 Å². The molecule has 3 rings (SSSR count). The lowest BCUT2D eigenvalue weighted by Gasteiger charge is -2.28. The van der Waals surface area contributed by atoms with Crippen molar-refractivity contribution in [3.8, 4) is 0 Å². The summed E-state index contributed by atoms with van der Waals surface area (Å²) in [5.74, 6) is 1.38. The van der Waals surface area contributed by atoms with Gasteiger partial charge in [-0.15, -0.1) is 0 Å². The van der Waals surface area contributed by atoms with Crippen LogP contribution >= 0.6 is 0 Å². The van der Waals surface area contributed by atoms with Crippen LogP contribution in [0, 0.1) is 0 Å². The molecule has 0 amide bonds. The Balaban J connectivity index is 2.02. The van der Waals surface area contributed by atoms with Gasteiger partial charge in [0.1, 0.15) is 5.82 Å². The molecule has 0 spiro atoms. The van der Waals surface area contributed by atoms with Crippen LogP contribution in [0.2, 0.25) is 0 Å². The minimum Gasteiger partial charge on any atom is -0.395 e. The number of hydrogen-bond donors (Lipinski definition) is 2. The first-order valence-corrected chi connectivity index (χ1v) is 6.67. The number of hydrogen-bond acceptors (Lipinski definition) is 7. The van der Waals surface area contributed by atoms with E-state index in [1.807, 2.05) is 7.05 Å². The molecule has 1 saturated heterocycles. The van der Waals surface area contributed by atoms with Crippen LogP contribution in [0.25, 0.3) is 11.0 Å². The topological polar surface area (TPSA) is 88.3 Å². The summed E-state index contributed by atoms with van der Waals surface area (Å²) in [4.78, 5) is 11.2. The number of aliphatic hydroxyl groups excluding tert-OH is 1. The van der Waals surface area contributed by atoms with Gasteiger partial charge in [-0.2, -0.15) is 15.1 Å². The second-order valence-corrected chi connectivity index (χ2v) is 4.63. The monoisotopic (exact) mass is 278 g/mol. The predicted octanol–water partition coefficient (Wildman–Crippen LogP) is -0.396. The fourth-order valence-electron chi connectivity index (χ4n) is 2.27. The maximum Gasteiger partial charge on any atom is 0.226 e. The molecule has 0 unspecified atom stereocenters. The molecule has 8 nitrogen and oxygen atoms in total. The van der Waals surface area contributed by atoms with Crippen LogP contribution in [0.3, 0.4) is 0 Å². The molecule has 1 aliphatic rings. The van der Waals surface area contributed by atoms with E-state index in [1.54, 1.807) is 10.9 Å². The average Bonchev–Trinajstić information content (AvgIpc) is 2.87. The van der Waals surface area contributed by atoms with E-state index in [0.29, 0.717) is 25.7 Å². The van der Waals surface area contributed by atoms with Crippen molar-refractivity contribution in [3.63, 3.8) is 0 Å². The normalized spacial score (nSPS) is 15.8. The fraction of sp³-hybridized carbons (Fsp3) is 0.583. The highest BCUT2D eigenvalue weighted by Gasteiger charge is 2.19. The Labute approximate surface area is 116 Å². The van der Waals surface area contributed by atoms with Crippen LogP contribution in [0.1, 0.15) is 0 Å². The number of aliphatic hydroxyl groups is 1. The molecular weight excluding hydrogens is 260 g/mol. The van der Waals surface area contributed by atoms with Crippen molar-refractivity contribution in [2.75, 3.05) is 49.7 Å². The molecule has 20 heavy (non-hydrogen) atoms. The Kier molecular flexibility index (Phi) is 3.66. The molecule has 0 radical (unpaired) electrons. The molecule has 0 bridgehead atoms. The standard InChI is InChI=1S/C12H18N6O2/c1-17-10-9(8-14-17)11(18-3-6-20-7-4-18)16-12(15-10)13-2-5-19/h8,19H,2-7H2,1H3,(H,13,15,16). The zero-order valence-corrected chi connectivity index (χ0v) is 11.4. The van der Waals surface area contributed by atoms with E-state index in [4.69, 9.17) is 9.84 Å². The fourth-order valence-corrected chi connectivity index (χ4v) is 2.27. The lowest BCUT2D eigenvalue weighted by Crippen LogP contribution is -2.37. The van der Waals surface area contributed by atoms with E-state index in [9.17, 15) is 0 Å². The van der Waals surface area contributed by atoms with E-state index < -0.39 is 0 Å². The van der Waals surface area contributed by atoms with Crippen molar-refractivity contribution in [2.45, 2.75) is 0 Å². The van der Waals surface area contributed by atoms with E-state index >= 15 is 0 Å². The molecule has 0 saturated carbocycles. The molecule has 2 aromatic rings. The average molecular weight is 278 g/mol. The largest absolute Gasteiger partial charge is 0.395 e. The maximum atomic E-state index is 8.91. The highest BCUT2D eigenvalue weighted by Crippen LogP contribution is 2.25. The number of aryl methyl sites for hydroxylation is 1. The Morgan fingerprint density at radius 3 is 2.90 bits per heavy atom. The summed E-state index contributed by atoms with van der Waals surface area (Å²) >= 11 is 0. The van der Waals surface area contributed by atoms with Gasteiger partial charge >= 0.3 is 0 Å². The van der Waals surface area contributed by atoms with Crippen LogP contribution in [0.15, 0.2) is 6.20 Å². The molecule has 108 valence electrons. The van der Waals surface area contributed by atoms with Gasteiger partial charge in [0.2, 0.25) is 5.95 Å². The number of ether oxygens (including phenoxy) is 1. The minimum atomic E-state index is 0.0413. The van der Waals surface area contributed by atoms with Crippen molar-refractivity contribution in [1.29, 1.82) is 0 Å². The molecule has 3 heterocycles. The highest BCUT2D eigenvalue weighted by atomic mass is 16.5. The van der Waals surface area contributed by atoms with E-state index in [2.05, 4.69) is 25.3 Å². The van der Waals surface area contributed by atoms with Gasteiger partial charge in [0.15, 0.2) is 5.65 Å². The Morgan fingerprint density at radius 1 is 1.35 bits per heavy atom. The third-order valence-corrected chi connectivity index (χ3v) is 3.28. The highest BCUT2D eigenvalue weighted by molar-refractivity contribution is 5.88. The van der Waals surface area contributed by atoms with Crippen molar-refractivity contribution in [3.05, 3.63) is 6.20 Å². The summed E-state index contributed by atoms with van der Waals surface area (Å²) in [6, 6.07) is 0. The van der Waals surface area contributed by atoms with Crippen LogP contribution < -0.4 is 10.2 Å². The summed E-state index contributed by atoms with van der Waals surface area (Å²) < 4.78 is 7.11. The summed E-state index contributed by atoms with van der Waals surface area (Å²) in [5, 5.41) is 17.1. The quantitative estimate of drug-likeness (QED) is 0.787. The number of rotatable bonds is 4. The van der Waals surface area contributed by atoms with Crippen LogP contribution in [0.4, 0.5) is 11.8 Å². The minimum absolute atomic E-state index is 0.0413. The number of morpholine rings is 1. The first kappa shape index (κ1) is 13.1. The Hall–Kier alpha value is -1.93. The van der Waals surface area contributed by atoms with Crippen LogP contribution in [0.5, 0.6) is 0 Å². The molecular formula is C12H18N6O2. The summed E-state index contributed by atoms with van der Waals surface area (Å²) in [5.41, 5.74) is 0.780. The van der Waals surface area contributed by atoms with Gasteiger partial charge in [-0.25, -0.2) is 0 Å². The first-order chi connectivity index (χ1) is 9.79. The second kappa shape index (κ2) is 5.59. The van der Waals surface area contributed by atoms with Gasteiger partial charge in [0.25, 0.3) is 0 Å². The van der Waals surface area contributed by atoms with Crippen molar-refractivity contribution < 1.29 is 9.84 Å². The molecule has 0 aromatic carbocycles. The molecule has 8 heteroatoms. The molecule has 2 aromatic heterocycles. The van der Waals surface area contributed by atoms with Crippen molar-refractivity contribution in [2.24, 2.45) is 7.05 Å². The SMILES string of the molecule is Cn1ncc2c(N3CCOCC3)nc(NCCO)nc21. The van der Waals surface area contributed by atoms with Crippen molar-refractivity contribution >= 4 is 22.8 Å². The Bertz CT molecular complexity index is 593. The second-order valence-electron chi connectivity index (χ2n) is 4.63. The lowest BCUT2D eigenvalue weighted by molar-refractivity contribution is 0.122.